The lowest BCUT2D eigenvalue weighted by molar-refractivity contribution is -0.144. The topological polar surface area (TPSA) is 52.6 Å². The van der Waals surface area contributed by atoms with E-state index in [0.29, 0.717) is 26.1 Å². The van der Waals surface area contributed by atoms with Crippen LogP contribution in [0.4, 0.5) is 0 Å². The minimum Gasteiger partial charge on any atom is -0.466 e. The molecule has 0 saturated heterocycles. The lowest BCUT2D eigenvalue weighted by Gasteiger charge is -2.14. The Morgan fingerprint density at radius 3 is 1.10 bits per heavy atom. The van der Waals surface area contributed by atoms with Crippen molar-refractivity contribution in [3.8, 4) is 0 Å². The van der Waals surface area contributed by atoms with Gasteiger partial charge < -0.3 is 9.47 Å². The molecular weight excluding hydrogens is 520 g/mol. The number of unbranched alkanes of at least 4 members (excludes halogenated alkanes) is 15. The van der Waals surface area contributed by atoms with Gasteiger partial charge in [-0.25, -0.2) is 0 Å². The number of ether oxygens (including phenoxy) is 2. The molecule has 0 heterocycles. The van der Waals surface area contributed by atoms with Crippen molar-refractivity contribution in [3.05, 3.63) is 0 Å². The highest BCUT2D eigenvalue weighted by Gasteiger charge is 2.08. The Hall–Kier alpha value is -1.06. The van der Waals surface area contributed by atoms with Gasteiger partial charge in [-0.1, -0.05) is 163 Å². The average molecular weight is 595 g/mol. The molecule has 4 heteroatoms. The molecule has 250 valence electrons. The zero-order chi connectivity index (χ0) is 31.1. The quantitative estimate of drug-likeness (QED) is 0.0574. The summed E-state index contributed by atoms with van der Waals surface area (Å²) in [6.45, 7) is 12.6. The van der Waals surface area contributed by atoms with Crippen molar-refractivity contribution in [2.75, 3.05) is 13.2 Å². The summed E-state index contributed by atoms with van der Waals surface area (Å²) in [7, 11) is 0. The maximum Gasteiger partial charge on any atom is 0.305 e. The lowest BCUT2D eigenvalue weighted by Crippen LogP contribution is -2.05. The molecule has 0 bridgehead atoms. The van der Waals surface area contributed by atoms with Crippen LogP contribution >= 0.6 is 0 Å². The van der Waals surface area contributed by atoms with Crippen LogP contribution in [0.15, 0.2) is 0 Å². The maximum atomic E-state index is 11.9. The normalized spacial score (nSPS) is 12.3. The zero-order valence-electron chi connectivity index (χ0n) is 29.2. The molecule has 0 radical (unpaired) electrons. The van der Waals surface area contributed by atoms with Gasteiger partial charge in [0.15, 0.2) is 0 Å². The van der Waals surface area contributed by atoms with Crippen molar-refractivity contribution >= 4 is 11.9 Å². The summed E-state index contributed by atoms with van der Waals surface area (Å²) in [6.07, 6.45) is 30.6. The fraction of sp³-hybridized carbons (Fsp3) is 0.947. The van der Waals surface area contributed by atoms with Crippen LogP contribution in [-0.4, -0.2) is 25.2 Å². The molecule has 0 aromatic heterocycles. The van der Waals surface area contributed by atoms with E-state index in [-0.39, 0.29) is 11.9 Å². The molecule has 0 amide bonds. The van der Waals surface area contributed by atoms with Gasteiger partial charge in [0.25, 0.3) is 0 Å². The van der Waals surface area contributed by atoms with E-state index < -0.39 is 0 Å². The SMILES string of the molecule is CCC(CCCCCCCCCC(=O)OCCCCCCC(C)C)CCCCCCC(=O)OCCCCCCC(C)C. The smallest absolute Gasteiger partial charge is 0.305 e. The fourth-order valence-electron chi connectivity index (χ4n) is 5.73. The first-order chi connectivity index (χ1) is 20.3. The van der Waals surface area contributed by atoms with Crippen LogP contribution < -0.4 is 0 Å². The maximum absolute atomic E-state index is 11.9. The molecule has 0 spiro atoms. The molecule has 0 aromatic rings. The molecule has 0 rings (SSSR count). The second-order valence-corrected chi connectivity index (χ2v) is 13.9. The van der Waals surface area contributed by atoms with E-state index in [2.05, 4.69) is 34.6 Å². The van der Waals surface area contributed by atoms with Crippen LogP contribution in [0.3, 0.4) is 0 Å². The van der Waals surface area contributed by atoms with E-state index in [1.54, 1.807) is 0 Å². The van der Waals surface area contributed by atoms with Gasteiger partial charge in [-0.2, -0.15) is 0 Å². The van der Waals surface area contributed by atoms with Gasteiger partial charge in [0.2, 0.25) is 0 Å². The van der Waals surface area contributed by atoms with E-state index in [1.807, 2.05) is 0 Å². The molecule has 0 N–H and O–H groups in total. The van der Waals surface area contributed by atoms with Crippen LogP contribution in [0.5, 0.6) is 0 Å². The summed E-state index contributed by atoms with van der Waals surface area (Å²) in [5.74, 6) is 2.45. The van der Waals surface area contributed by atoms with Crippen molar-refractivity contribution < 1.29 is 19.1 Å². The van der Waals surface area contributed by atoms with Gasteiger partial charge in [-0.15, -0.1) is 0 Å². The summed E-state index contributed by atoms with van der Waals surface area (Å²) in [6, 6.07) is 0. The summed E-state index contributed by atoms with van der Waals surface area (Å²) in [5.41, 5.74) is 0. The summed E-state index contributed by atoms with van der Waals surface area (Å²) < 4.78 is 10.8. The molecule has 0 aliphatic rings. The van der Waals surface area contributed by atoms with Crippen molar-refractivity contribution in [1.82, 2.24) is 0 Å². The van der Waals surface area contributed by atoms with Crippen LogP contribution in [0.25, 0.3) is 0 Å². The molecule has 1 atom stereocenters. The molecule has 42 heavy (non-hydrogen) atoms. The Labute approximate surface area is 263 Å². The van der Waals surface area contributed by atoms with Gasteiger partial charge in [0.1, 0.15) is 0 Å². The van der Waals surface area contributed by atoms with Crippen molar-refractivity contribution in [3.63, 3.8) is 0 Å². The monoisotopic (exact) mass is 595 g/mol. The predicted octanol–water partition coefficient (Wildman–Crippen LogP) is 12.2. The molecule has 1 unspecified atom stereocenters. The van der Waals surface area contributed by atoms with Gasteiger partial charge in [-0.05, 0) is 43.4 Å². The van der Waals surface area contributed by atoms with E-state index in [1.165, 1.54) is 116 Å². The first kappa shape index (κ1) is 40.9. The van der Waals surface area contributed by atoms with Gasteiger partial charge in [-0.3, -0.25) is 9.59 Å². The number of hydrogen-bond acceptors (Lipinski definition) is 4. The number of esters is 2. The highest BCUT2D eigenvalue weighted by molar-refractivity contribution is 5.69. The van der Waals surface area contributed by atoms with Crippen LogP contribution in [0.2, 0.25) is 0 Å². The highest BCUT2D eigenvalue weighted by Crippen LogP contribution is 2.22. The molecule has 0 aromatic carbocycles. The largest absolute Gasteiger partial charge is 0.466 e. The molecular formula is C38H74O4. The number of carbonyl (C=O) groups excluding carboxylic acids is 2. The van der Waals surface area contributed by atoms with Crippen molar-refractivity contribution in [2.24, 2.45) is 17.8 Å². The summed E-state index contributed by atoms with van der Waals surface area (Å²) in [5, 5.41) is 0. The molecule has 0 aliphatic heterocycles. The second kappa shape index (κ2) is 31.4. The first-order valence-electron chi connectivity index (χ1n) is 18.7. The van der Waals surface area contributed by atoms with Gasteiger partial charge >= 0.3 is 11.9 Å². The summed E-state index contributed by atoms with van der Waals surface area (Å²) >= 11 is 0. The Bertz CT molecular complexity index is 586. The van der Waals surface area contributed by atoms with E-state index >= 15 is 0 Å². The minimum atomic E-state index is -0.00105. The lowest BCUT2D eigenvalue weighted by atomic mass is 9.92. The number of carbonyl (C=O) groups is 2. The third kappa shape index (κ3) is 31.9. The molecule has 4 nitrogen and oxygen atoms in total. The van der Waals surface area contributed by atoms with Crippen molar-refractivity contribution in [1.29, 1.82) is 0 Å². The minimum absolute atomic E-state index is 0.000282. The number of hydrogen-bond donors (Lipinski definition) is 0. The Morgan fingerprint density at radius 2 is 0.738 bits per heavy atom. The zero-order valence-corrected chi connectivity index (χ0v) is 29.2. The summed E-state index contributed by atoms with van der Waals surface area (Å²) in [4.78, 5) is 23.8. The average Bonchev–Trinajstić information content (AvgIpc) is 2.95. The van der Waals surface area contributed by atoms with Crippen LogP contribution in [-0.2, 0) is 19.1 Å². The van der Waals surface area contributed by atoms with Gasteiger partial charge in [0.05, 0.1) is 13.2 Å². The fourth-order valence-corrected chi connectivity index (χ4v) is 5.73. The molecule has 0 fully saturated rings. The predicted molar refractivity (Wildman–Crippen MR) is 181 cm³/mol. The van der Waals surface area contributed by atoms with Crippen molar-refractivity contribution in [2.45, 2.75) is 202 Å². The standard InChI is InChI=1S/C38H74O4/c1-6-36(29-21-12-13-23-31-38(40)42-33-25-17-15-19-27-35(4)5)28-20-10-8-7-9-11-22-30-37(39)41-32-24-16-14-18-26-34(2)3/h34-36H,6-33H2,1-5H3. The molecule has 0 aliphatic carbocycles. The Morgan fingerprint density at radius 1 is 0.429 bits per heavy atom. The third-order valence-corrected chi connectivity index (χ3v) is 8.69. The van der Waals surface area contributed by atoms with Gasteiger partial charge in [0, 0.05) is 12.8 Å². The van der Waals surface area contributed by atoms with Crippen LogP contribution in [0.1, 0.15) is 202 Å². The highest BCUT2D eigenvalue weighted by atomic mass is 16.5. The first-order valence-corrected chi connectivity index (χ1v) is 18.7. The van der Waals surface area contributed by atoms with E-state index in [0.717, 1.165) is 56.3 Å². The van der Waals surface area contributed by atoms with E-state index in [4.69, 9.17) is 9.47 Å². The Kier molecular flexibility index (Phi) is 30.6. The Balaban J connectivity index is 3.45. The second-order valence-electron chi connectivity index (χ2n) is 13.9. The van der Waals surface area contributed by atoms with Crippen LogP contribution in [0, 0.1) is 17.8 Å². The van der Waals surface area contributed by atoms with E-state index in [9.17, 15) is 9.59 Å². The third-order valence-electron chi connectivity index (χ3n) is 8.69. The molecule has 0 saturated carbocycles. The number of rotatable bonds is 32.